The quantitative estimate of drug-likeness (QED) is 0.539. The van der Waals surface area contributed by atoms with Gasteiger partial charge in [0.05, 0.1) is 6.54 Å². The van der Waals surface area contributed by atoms with Crippen LogP contribution in [-0.2, 0) is 16.1 Å². The van der Waals surface area contributed by atoms with Crippen LogP contribution in [0.3, 0.4) is 0 Å². The topological polar surface area (TPSA) is 104 Å². The normalized spacial score (nSPS) is 9.88. The van der Waals surface area contributed by atoms with Gasteiger partial charge in [0, 0.05) is 32.5 Å². The number of hydrogen-bond donors (Lipinski definition) is 3. The van der Waals surface area contributed by atoms with E-state index in [1.807, 2.05) is 0 Å². The van der Waals surface area contributed by atoms with Crippen LogP contribution in [-0.4, -0.2) is 46.8 Å². The number of nitrogens with two attached hydrogens (primary N) is 1. The number of imidazole rings is 1. The highest BCUT2D eigenvalue weighted by Crippen LogP contribution is 1.95. The summed E-state index contributed by atoms with van der Waals surface area (Å²) in [6, 6.07) is 0. The summed E-state index contributed by atoms with van der Waals surface area (Å²) in [6.07, 6.45) is 3.24. The number of aromatic nitrogens is 2. The van der Waals surface area contributed by atoms with Gasteiger partial charge in [0.1, 0.15) is 5.82 Å². The average molecular weight is 225 g/mol. The number of nitrogens with one attached hydrogen (secondary N) is 2. The Morgan fingerprint density at radius 3 is 2.94 bits per heavy atom. The van der Waals surface area contributed by atoms with Gasteiger partial charge in [0.25, 0.3) is 0 Å². The Morgan fingerprint density at radius 2 is 2.38 bits per heavy atom. The summed E-state index contributed by atoms with van der Waals surface area (Å²) in [7, 11) is 1.53. The highest BCUT2D eigenvalue weighted by Gasteiger charge is 2.18. The molecule has 0 bridgehead atoms. The van der Waals surface area contributed by atoms with Gasteiger partial charge in [-0.25, -0.2) is 4.98 Å². The van der Waals surface area contributed by atoms with Crippen molar-refractivity contribution < 1.29 is 9.59 Å². The monoisotopic (exact) mass is 225 g/mol. The van der Waals surface area contributed by atoms with Gasteiger partial charge in [-0.2, -0.15) is 0 Å². The largest absolute Gasteiger partial charge is 0.347 e. The van der Waals surface area contributed by atoms with Crippen molar-refractivity contribution in [2.24, 2.45) is 5.73 Å². The lowest BCUT2D eigenvalue weighted by Gasteiger charge is -2.14. The number of hydrogen-bond acceptors (Lipinski definition) is 4. The molecular formula is C9H15N5O2. The lowest BCUT2D eigenvalue weighted by Crippen LogP contribution is -2.42. The number of rotatable bonds is 4. The summed E-state index contributed by atoms with van der Waals surface area (Å²) < 4.78 is 0. The van der Waals surface area contributed by atoms with Crippen molar-refractivity contribution in [2.45, 2.75) is 6.54 Å². The Balaban J connectivity index is 2.44. The Kier molecular flexibility index (Phi) is 4.46. The predicted molar refractivity (Wildman–Crippen MR) is 57.1 cm³/mol. The molecule has 16 heavy (non-hydrogen) atoms. The maximum atomic E-state index is 11.5. The number of carbonyl (C=O) groups is 2. The van der Waals surface area contributed by atoms with E-state index in [0.717, 1.165) is 0 Å². The Morgan fingerprint density at radius 1 is 1.62 bits per heavy atom. The molecule has 88 valence electrons. The van der Waals surface area contributed by atoms with E-state index < -0.39 is 11.8 Å². The van der Waals surface area contributed by atoms with Crippen molar-refractivity contribution in [3.63, 3.8) is 0 Å². The molecule has 0 aliphatic carbocycles. The molecule has 0 aliphatic heterocycles. The van der Waals surface area contributed by atoms with Crippen LogP contribution < -0.4 is 11.1 Å². The number of H-pyrrole nitrogens is 1. The molecule has 0 atom stereocenters. The molecule has 0 aliphatic rings. The molecule has 2 amide bonds. The molecule has 0 saturated carbocycles. The van der Waals surface area contributed by atoms with Crippen molar-refractivity contribution in [1.82, 2.24) is 20.2 Å². The zero-order chi connectivity index (χ0) is 12.0. The summed E-state index contributed by atoms with van der Waals surface area (Å²) in [4.78, 5) is 30.9. The van der Waals surface area contributed by atoms with Crippen molar-refractivity contribution in [3.05, 3.63) is 18.2 Å². The first kappa shape index (κ1) is 12.2. The molecule has 1 aromatic rings. The maximum Gasteiger partial charge on any atom is 0.312 e. The third-order valence-corrected chi connectivity index (χ3v) is 1.91. The standard InChI is InChI=1S/C9H15N5O2/c1-14(6-7-11-4-5-12-7)9(16)8(15)13-3-2-10/h4-5H,2-3,6,10H2,1H3,(H,11,12)(H,13,15). The fourth-order valence-electron chi connectivity index (χ4n) is 1.12. The van der Waals surface area contributed by atoms with Gasteiger partial charge in [-0.15, -0.1) is 0 Å². The fraction of sp³-hybridized carbons (Fsp3) is 0.444. The molecule has 1 aromatic heterocycles. The van der Waals surface area contributed by atoms with Crippen LogP contribution in [0.1, 0.15) is 5.82 Å². The molecule has 4 N–H and O–H groups in total. The first-order valence-corrected chi connectivity index (χ1v) is 4.86. The van der Waals surface area contributed by atoms with Gasteiger partial charge in [-0.3, -0.25) is 9.59 Å². The minimum absolute atomic E-state index is 0.266. The lowest BCUT2D eigenvalue weighted by molar-refractivity contribution is -0.145. The minimum Gasteiger partial charge on any atom is -0.347 e. The number of likely N-dealkylation sites (N-methyl/N-ethyl adjacent to an activating group) is 1. The van der Waals surface area contributed by atoms with Crippen LogP contribution in [0.25, 0.3) is 0 Å². The number of aromatic amines is 1. The molecular weight excluding hydrogens is 210 g/mol. The zero-order valence-electron chi connectivity index (χ0n) is 9.06. The van der Waals surface area contributed by atoms with Crippen LogP contribution >= 0.6 is 0 Å². The smallest absolute Gasteiger partial charge is 0.312 e. The molecule has 0 radical (unpaired) electrons. The number of amides is 2. The summed E-state index contributed by atoms with van der Waals surface area (Å²) in [6.45, 7) is 0.863. The van der Waals surface area contributed by atoms with E-state index in [1.54, 1.807) is 12.4 Å². The Labute approximate surface area is 93.0 Å². The van der Waals surface area contributed by atoms with Crippen LogP contribution in [0.5, 0.6) is 0 Å². The molecule has 7 nitrogen and oxygen atoms in total. The van der Waals surface area contributed by atoms with Crippen molar-refractivity contribution >= 4 is 11.8 Å². The van der Waals surface area contributed by atoms with Crippen LogP contribution in [0.2, 0.25) is 0 Å². The maximum absolute atomic E-state index is 11.5. The van der Waals surface area contributed by atoms with Crippen LogP contribution in [0.15, 0.2) is 12.4 Å². The fourth-order valence-corrected chi connectivity index (χ4v) is 1.12. The molecule has 0 spiro atoms. The molecule has 0 fully saturated rings. The van der Waals surface area contributed by atoms with E-state index in [2.05, 4.69) is 15.3 Å². The van der Waals surface area contributed by atoms with Gasteiger partial charge in [0.2, 0.25) is 0 Å². The number of nitrogens with zero attached hydrogens (tertiary/aromatic N) is 2. The minimum atomic E-state index is -0.653. The van der Waals surface area contributed by atoms with E-state index in [4.69, 9.17) is 5.73 Å². The van der Waals surface area contributed by atoms with Crippen molar-refractivity contribution in [1.29, 1.82) is 0 Å². The van der Waals surface area contributed by atoms with E-state index in [0.29, 0.717) is 18.9 Å². The molecule has 0 aromatic carbocycles. The molecule has 7 heteroatoms. The highest BCUT2D eigenvalue weighted by molar-refractivity contribution is 6.34. The summed E-state index contributed by atoms with van der Waals surface area (Å²) in [5.41, 5.74) is 5.21. The third-order valence-electron chi connectivity index (χ3n) is 1.91. The number of carbonyl (C=O) groups excluding carboxylic acids is 2. The second-order valence-corrected chi connectivity index (χ2v) is 3.24. The summed E-state index contributed by atoms with van der Waals surface area (Å²) in [5, 5.41) is 2.41. The average Bonchev–Trinajstić information content (AvgIpc) is 2.77. The third kappa shape index (κ3) is 3.35. The van der Waals surface area contributed by atoms with Gasteiger partial charge < -0.3 is 20.9 Å². The Hall–Kier alpha value is -1.89. The van der Waals surface area contributed by atoms with E-state index in [-0.39, 0.29) is 6.54 Å². The molecule has 1 heterocycles. The second-order valence-electron chi connectivity index (χ2n) is 3.24. The van der Waals surface area contributed by atoms with Gasteiger partial charge in [0.15, 0.2) is 0 Å². The van der Waals surface area contributed by atoms with E-state index >= 15 is 0 Å². The molecule has 0 unspecified atom stereocenters. The van der Waals surface area contributed by atoms with Crippen molar-refractivity contribution in [2.75, 3.05) is 20.1 Å². The van der Waals surface area contributed by atoms with Crippen molar-refractivity contribution in [3.8, 4) is 0 Å². The zero-order valence-corrected chi connectivity index (χ0v) is 9.06. The van der Waals surface area contributed by atoms with Gasteiger partial charge >= 0.3 is 11.8 Å². The van der Waals surface area contributed by atoms with Crippen LogP contribution in [0.4, 0.5) is 0 Å². The first-order chi connectivity index (χ1) is 7.65. The van der Waals surface area contributed by atoms with E-state index in [9.17, 15) is 9.59 Å². The Bertz CT molecular complexity index is 349. The highest BCUT2D eigenvalue weighted by atomic mass is 16.2. The summed E-state index contributed by atoms with van der Waals surface area (Å²) in [5.74, 6) is -0.633. The SMILES string of the molecule is CN(Cc1ncc[nH]1)C(=O)C(=O)NCCN. The second kappa shape index (κ2) is 5.86. The van der Waals surface area contributed by atoms with Gasteiger partial charge in [-0.1, -0.05) is 0 Å². The van der Waals surface area contributed by atoms with Gasteiger partial charge in [-0.05, 0) is 0 Å². The van der Waals surface area contributed by atoms with Crippen LogP contribution in [0, 0.1) is 0 Å². The predicted octanol–water partition coefficient (Wildman–Crippen LogP) is -1.56. The lowest BCUT2D eigenvalue weighted by atomic mass is 10.4. The first-order valence-electron chi connectivity index (χ1n) is 4.86. The molecule has 1 rings (SSSR count). The summed E-state index contributed by atoms with van der Waals surface area (Å²) >= 11 is 0. The van der Waals surface area contributed by atoms with E-state index in [1.165, 1.54) is 11.9 Å². The molecule has 0 saturated heterocycles.